The molecule has 0 saturated heterocycles. The smallest absolute Gasteiger partial charge is 0.306 e. The van der Waals surface area contributed by atoms with Crippen LogP contribution in [-0.4, -0.2) is 22.2 Å². The van der Waals surface area contributed by atoms with Crippen LogP contribution in [0.5, 0.6) is 0 Å². The first-order valence-corrected chi connectivity index (χ1v) is 5.54. The lowest BCUT2D eigenvalue weighted by atomic mass is 9.93. The van der Waals surface area contributed by atoms with Gasteiger partial charge in [0.25, 0.3) is 0 Å². The van der Waals surface area contributed by atoms with Gasteiger partial charge in [-0.25, -0.2) is 0 Å². The molecule has 0 aromatic heterocycles. The average Bonchev–Trinajstić information content (AvgIpc) is 2.21. The van der Waals surface area contributed by atoms with Crippen molar-refractivity contribution in [1.29, 1.82) is 0 Å². The summed E-state index contributed by atoms with van der Waals surface area (Å²) in [6.07, 6.45) is 4.08. The van der Waals surface area contributed by atoms with Crippen LogP contribution >= 0.6 is 0 Å². The predicted octanol–water partition coefficient (Wildman–Crippen LogP) is 2.54. The van der Waals surface area contributed by atoms with Gasteiger partial charge < -0.3 is 10.2 Å². The molecule has 0 heterocycles. The zero-order valence-electron chi connectivity index (χ0n) is 9.69. The van der Waals surface area contributed by atoms with Crippen LogP contribution in [0.4, 0.5) is 0 Å². The van der Waals surface area contributed by atoms with Crippen molar-refractivity contribution in [3.63, 3.8) is 0 Å². The number of hydrogen-bond acceptors (Lipinski definition) is 2. The van der Waals surface area contributed by atoms with Gasteiger partial charge in [-0.1, -0.05) is 13.0 Å². The second kappa shape index (κ2) is 7.91. The summed E-state index contributed by atoms with van der Waals surface area (Å²) in [5, 5.41) is 17.4. The van der Waals surface area contributed by atoms with Crippen molar-refractivity contribution in [2.45, 2.75) is 39.0 Å². The SMILES string of the molecule is C=CC(C)CCC(CCCC(=O)O)C(=O)O. The Morgan fingerprint density at radius 3 is 2.31 bits per heavy atom. The zero-order valence-corrected chi connectivity index (χ0v) is 9.69. The quantitative estimate of drug-likeness (QED) is 0.595. The molecule has 4 heteroatoms. The fourth-order valence-electron chi connectivity index (χ4n) is 1.47. The van der Waals surface area contributed by atoms with Gasteiger partial charge in [-0.15, -0.1) is 6.58 Å². The number of hydrogen-bond donors (Lipinski definition) is 2. The fourth-order valence-corrected chi connectivity index (χ4v) is 1.47. The Bertz CT molecular complexity index is 247. The van der Waals surface area contributed by atoms with E-state index < -0.39 is 17.9 Å². The summed E-state index contributed by atoms with van der Waals surface area (Å²) in [4.78, 5) is 21.2. The molecule has 2 atom stereocenters. The van der Waals surface area contributed by atoms with Crippen molar-refractivity contribution in [2.24, 2.45) is 11.8 Å². The Balaban J connectivity index is 3.93. The lowest BCUT2D eigenvalue weighted by molar-refractivity contribution is -0.143. The molecule has 0 aliphatic rings. The number of allylic oxidation sites excluding steroid dienone is 1. The highest BCUT2D eigenvalue weighted by Gasteiger charge is 2.17. The van der Waals surface area contributed by atoms with E-state index in [1.165, 1.54) is 0 Å². The summed E-state index contributed by atoms with van der Waals surface area (Å²) in [5.41, 5.74) is 0. The molecule has 0 saturated carbocycles. The van der Waals surface area contributed by atoms with Gasteiger partial charge in [0.1, 0.15) is 0 Å². The van der Waals surface area contributed by atoms with E-state index in [4.69, 9.17) is 10.2 Å². The lowest BCUT2D eigenvalue weighted by Gasteiger charge is -2.13. The third-order valence-corrected chi connectivity index (χ3v) is 2.67. The van der Waals surface area contributed by atoms with Crippen LogP contribution in [-0.2, 0) is 9.59 Å². The van der Waals surface area contributed by atoms with E-state index >= 15 is 0 Å². The van der Waals surface area contributed by atoms with Crippen LogP contribution in [0, 0.1) is 11.8 Å². The first kappa shape index (κ1) is 14.7. The molecule has 0 fully saturated rings. The molecule has 4 nitrogen and oxygen atoms in total. The molecular formula is C12H20O4. The van der Waals surface area contributed by atoms with Crippen molar-refractivity contribution < 1.29 is 19.8 Å². The van der Waals surface area contributed by atoms with Gasteiger partial charge in [0, 0.05) is 6.42 Å². The minimum Gasteiger partial charge on any atom is -0.481 e. The lowest BCUT2D eigenvalue weighted by Crippen LogP contribution is -2.15. The van der Waals surface area contributed by atoms with Crippen molar-refractivity contribution >= 4 is 11.9 Å². The molecule has 2 unspecified atom stereocenters. The van der Waals surface area contributed by atoms with Crippen LogP contribution in [0.15, 0.2) is 12.7 Å². The Morgan fingerprint density at radius 2 is 1.88 bits per heavy atom. The third-order valence-electron chi connectivity index (χ3n) is 2.67. The Labute approximate surface area is 96.0 Å². The molecule has 2 N–H and O–H groups in total. The molecule has 0 aromatic rings. The maximum absolute atomic E-state index is 10.9. The summed E-state index contributed by atoms with van der Waals surface area (Å²) >= 11 is 0. The first-order valence-electron chi connectivity index (χ1n) is 5.54. The molecule has 0 amide bonds. The number of carboxylic acid groups (broad SMARTS) is 2. The molecule has 0 aliphatic carbocycles. The Kier molecular flexibility index (Phi) is 7.25. The topological polar surface area (TPSA) is 74.6 Å². The normalized spacial score (nSPS) is 14.1. The average molecular weight is 228 g/mol. The van der Waals surface area contributed by atoms with Gasteiger partial charge in [0.05, 0.1) is 5.92 Å². The van der Waals surface area contributed by atoms with Gasteiger partial charge in [-0.3, -0.25) is 9.59 Å². The fraction of sp³-hybridized carbons (Fsp3) is 0.667. The van der Waals surface area contributed by atoms with Gasteiger partial charge in [0.2, 0.25) is 0 Å². The van der Waals surface area contributed by atoms with Gasteiger partial charge in [-0.2, -0.15) is 0 Å². The Morgan fingerprint density at radius 1 is 1.25 bits per heavy atom. The number of aliphatic carboxylic acids is 2. The zero-order chi connectivity index (χ0) is 12.6. The number of carbonyl (C=O) groups is 2. The summed E-state index contributed by atoms with van der Waals surface area (Å²) in [6, 6.07) is 0. The Hall–Kier alpha value is -1.32. The van der Waals surface area contributed by atoms with E-state index in [2.05, 4.69) is 6.58 Å². The number of rotatable bonds is 9. The predicted molar refractivity (Wildman–Crippen MR) is 61.2 cm³/mol. The van der Waals surface area contributed by atoms with Crippen molar-refractivity contribution in [3.05, 3.63) is 12.7 Å². The van der Waals surface area contributed by atoms with Crippen LogP contribution in [0.25, 0.3) is 0 Å². The van der Waals surface area contributed by atoms with E-state index in [9.17, 15) is 9.59 Å². The van der Waals surface area contributed by atoms with Crippen molar-refractivity contribution in [1.82, 2.24) is 0 Å². The van der Waals surface area contributed by atoms with Gasteiger partial charge in [0.15, 0.2) is 0 Å². The van der Waals surface area contributed by atoms with Crippen LogP contribution in [0.1, 0.15) is 39.0 Å². The summed E-state index contributed by atoms with van der Waals surface area (Å²) < 4.78 is 0. The van der Waals surface area contributed by atoms with Crippen LogP contribution < -0.4 is 0 Å². The monoisotopic (exact) mass is 228 g/mol. The highest BCUT2D eigenvalue weighted by atomic mass is 16.4. The molecule has 0 bridgehead atoms. The maximum Gasteiger partial charge on any atom is 0.306 e. The molecule has 0 spiro atoms. The minimum absolute atomic E-state index is 0.0425. The summed E-state index contributed by atoms with van der Waals surface area (Å²) in [5.74, 6) is -1.83. The van der Waals surface area contributed by atoms with Crippen LogP contribution in [0.3, 0.4) is 0 Å². The van der Waals surface area contributed by atoms with E-state index in [-0.39, 0.29) is 6.42 Å². The van der Waals surface area contributed by atoms with Gasteiger partial charge in [-0.05, 0) is 31.6 Å². The molecule has 0 aliphatic heterocycles. The molecule has 0 rings (SSSR count). The summed E-state index contributed by atoms with van der Waals surface area (Å²) in [7, 11) is 0. The third kappa shape index (κ3) is 7.04. The van der Waals surface area contributed by atoms with E-state index in [1.54, 1.807) is 6.08 Å². The molecular weight excluding hydrogens is 208 g/mol. The first-order chi connectivity index (χ1) is 7.47. The largest absolute Gasteiger partial charge is 0.481 e. The standard InChI is InChI=1S/C12H20O4/c1-3-9(2)7-8-10(12(15)16)5-4-6-11(13)14/h3,9-10H,1,4-8H2,2H3,(H,13,14)(H,15,16). The minimum atomic E-state index is -0.872. The van der Waals surface area contributed by atoms with Crippen LogP contribution in [0.2, 0.25) is 0 Å². The second-order valence-electron chi connectivity index (χ2n) is 4.11. The highest BCUT2D eigenvalue weighted by Crippen LogP contribution is 2.19. The van der Waals surface area contributed by atoms with Crippen molar-refractivity contribution in [2.75, 3.05) is 0 Å². The van der Waals surface area contributed by atoms with E-state index in [0.29, 0.717) is 25.2 Å². The van der Waals surface area contributed by atoms with E-state index in [1.807, 2.05) is 6.92 Å². The number of carboxylic acids is 2. The molecule has 0 aromatic carbocycles. The maximum atomic E-state index is 10.9. The van der Waals surface area contributed by atoms with Gasteiger partial charge >= 0.3 is 11.9 Å². The van der Waals surface area contributed by atoms with Crippen molar-refractivity contribution in [3.8, 4) is 0 Å². The molecule has 16 heavy (non-hydrogen) atoms. The molecule has 92 valence electrons. The second-order valence-corrected chi connectivity index (χ2v) is 4.11. The molecule has 0 radical (unpaired) electrons. The highest BCUT2D eigenvalue weighted by molar-refractivity contribution is 5.70. The summed E-state index contributed by atoms with van der Waals surface area (Å²) in [6.45, 7) is 5.63. The van der Waals surface area contributed by atoms with E-state index in [0.717, 1.165) is 6.42 Å².